The van der Waals surface area contributed by atoms with Crippen LogP contribution in [0.2, 0.25) is 0 Å². The summed E-state index contributed by atoms with van der Waals surface area (Å²) in [7, 11) is 2.02. The molecule has 1 aromatic rings. The molecule has 0 atom stereocenters. The lowest BCUT2D eigenvalue weighted by atomic mass is 10.1. The number of nitrogen functional groups attached to an aromatic ring is 1. The van der Waals surface area contributed by atoms with Crippen LogP contribution in [0.3, 0.4) is 0 Å². The third-order valence-corrected chi connectivity index (χ3v) is 2.24. The van der Waals surface area contributed by atoms with E-state index in [1.165, 1.54) is 0 Å². The molecule has 0 saturated carbocycles. The average Bonchev–Trinajstić information content (AvgIpc) is 2.17. The lowest BCUT2D eigenvalue weighted by molar-refractivity contribution is 0.638. The first-order valence-corrected chi connectivity index (χ1v) is 5.05. The van der Waals surface area contributed by atoms with Gasteiger partial charge in [-0.1, -0.05) is 13.8 Å². The summed E-state index contributed by atoms with van der Waals surface area (Å²) in [6.07, 6.45) is 0. The number of nitriles is 1. The lowest BCUT2D eigenvalue weighted by Gasteiger charge is -2.21. The highest BCUT2D eigenvalue weighted by Crippen LogP contribution is 2.20. The molecule has 0 aliphatic heterocycles. The summed E-state index contributed by atoms with van der Waals surface area (Å²) in [5.41, 5.74) is 7.78. The third-order valence-electron chi connectivity index (χ3n) is 2.24. The number of benzene rings is 1. The van der Waals surface area contributed by atoms with Gasteiger partial charge < -0.3 is 10.6 Å². The normalized spacial score (nSPS) is 10.1. The Kier molecular flexibility index (Phi) is 3.56. The number of anilines is 2. The second kappa shape index (κ2) is 4.70. The zero-order chi connectivity index (χ0) is 11.4. The van der Waals surface area contributed by atoms with Crippen LogP contribution in [-0.4, -0.2) is 13.6 Å². The molecule has 80 valence electrons. The van der Waals surface area contributed by atoms with Crippen molar-refractivity contribution in [3.05, 3.63) is 23.8 Å². The minimum atomic E-state index is 0.541. The van der Waals surface area contributed by atoms with E-state index in [1.54, 1.807) is 6.07 Å². The lowest BCUT2D eigenvalue weighted by Crippen LogP contribution is -2.22. The Hall–Kier alpha value is -1.69. The fourth-order valence-corrected chi connectivity index (χ4v) is 1.53. The predicted molar refractivity (Wildman–Crippen MR) is 63.7 cm³/mol. The fourth-order valence-electron chi connectivity index (χ4n) is 1.53. The van der Waals surface area contributed by atoms with Crippen molar-refractivity contribution in [1.82, 2.24) is 0 Å². The van der Waals surface area contributed by atoms with Crippen molar-refractivity contribution in [2.45, 2.75) is 13.8 Å². The zero-order valence-electron chi connectivity index (χ0n) is 9.49. The first kappa shape index (κ1) is 11.4. The van der Waals surface area contributed by atoms with E-state index in [4.69, 9.17) is 11.0 Å². The van der Waals surface area contributed by atoms with Crippen LogP contribution < -0.4 is 10.6 Å². The van der Waals surface area contributed by atoms with Crippen molar-refractivity contribution in [1.29, 1.82) is 5.26 Å². The van der Waals surface area contributed by atoms with Crippen molar-refractivity contribution < 1.29 is 0 Å². The Labute approximate surface area is 91.1 Å². The molecule has 0 unspecified atom stereocenters. The van der Waals surface area contributed by atoms with Gasteiger partial charge >= 0.3 is 0 Å². The summed E-state index contributed by atoms with van der Waals surface area (Å²) in [6.45, 7) is 5.30. The maximum atomic E-state index is 8.86. The summed E-state index contributed by atoms with van der Waals surface area (Å²) < 4.78 is 0. The van der Waals surface area contributed by atoms with E-state index in [2.05, 4.69) is 24.8 Å². The number of nitrogens with two attached hydrogens (primary N) is 1. The topological polar surface area (TPSA) is 53.0 Å². The molecule has 15 heavy (non-hydrogen) atoms. The van der Waals surface area contributed by atoms with E-state index in [1.807, 2.05) is 19.2 Å². The molecule has 0 amide bonds. The Morgan fingerprint density at radius 2 is 2.13 bits per heavy atom. The summed E-state index contributed by atoms with van der Waals surface area (Å²) in [5, 5.41) is 8.86. The van der Waals surface area contributed by atoms with Crippen LogP contribution in [0.25, 0.3) is 0 Å². The van der Waals surface area contributed by atoms with Crippen molar-refractivity contribution in [2.24, 2.45) is 5.92 Å². The summed E-state index contributed by atoms with van der Waals surface area (Å²) >= 11 is 0. The van der Waals surface area contributed by atoms with Gasteiger partial charge in [0, 0.05) is 25.0 Å². The Morgan fingerprint density at radius 3 is 2.67 bits per heavy atom. The SMILES string of the molecule is CC(C)CN(C)c1ccc(N)c(C#N)c1. The number of nitrogens with zero attached hydrogens (tertiary/aromatic N) is 2. The van der Waals surface area contributed by atoms with E-state index < -0.39 is 0 Å². The van der Waals surface area contributed by atoms with Crippen LogP contribution >= 0.6 is 0 Å². The number of rotatable bonds is 3. The van der Waals surface area contributed by atoms with Gasteiger partial charge in [-0.15, -0.1) is 0 Å². The van der Waals surface area contributed by atoms with Crippen molar-refractivity contribution in [3.8, 4) is 6.07 Å². The minimum absolute atomic E-state index is 0.541. The maximum Gasteiger partial charge on any atom is 0.101 e. The molecule has 0 aromatic heterocycles. The molecule has 0 radical (unpaired) electrons. The van der Waals surface area contributed by atoms with Crippen molar-refractivity contribution >= 4 is 11.4 Å². The molecule has 0 saturated heterocycles. The zero-order valence-corrected chi connectivity index (χ0v) is 9.49. The standard InChI is InChI=1S/C12H17N3/c1-9(2)8-15(3)11-4-5-12(14)10(6-11)7-13/h4-6,9H,8,14H2,1-3H3. The van der Waals surface area contributed by atoms with Gasteiger partial charge in [-0.05, 0) is 24.1 Å². The Balaban J connectivity index is 2.92. The van der Waals surface area contributed by atoms with Crippen LogP contribution in [0, 0.1) is 17.2 Å². The Morgan fingerprint density at radius 1 is 1.47 bits per heavy atom. The van der Waals surface area contributed by atoms with Crippen LogP contribution in [0.15, 0.2) is 18.2 Å². The first-order chi connectivity index (χ1) is 7.04. The van der Waals surface area contributed by atoms with Gasteiger partial charge in [0.05, 0.1) is 5.56 Å². The van der Waals surface area contributed by atoms with Crippen LogP contribution in [0.5, 0.6) is 0 Å². The van der Waals surface area contributed by atoms with Gasteiger partial charge in [0.1, 0.15) is 6.07 Å². The summed E-state index contributed by atoms with van der Waals surface area (Å²) in [4.78, 5) is 2.13. The van der Waals surface area contributed by atoms with Gasteiger partial charge in [-0.2, -0.15) is 5.26 Å². The van der Waals surface area contributed by atoms with Crippen LogP contribution in [0.1, 0.15) is 19.4 Å². The molecule has 0 spiro atoms. The highest BCUT2D eigenvalue weighted by molar-refractivity contribution is 5.62. The van der Waals surface area contributed by atoms with Gasteiger partial charge in [0.2, 0.25) is 0 Å². The van der Waals surface area contributed by atoms with Gasteiger partial charge in [0.15, 0.2) is 0 Å². The summed E-state index contributed by atoms with van der Waals surface area (Å²) in [6, 6.07) is 7.65. The van der Waals surface area contributed by atoms with Gasteiger partial charge in [-0.3, -0.25) is 0 Å². The smallest absolute Gasteiger partial charge is 0.101 e. The molecule has 0 heterocycles. The van der Waals surface area contributed by atoms with E-state index in [0.29, 0.717) is 17.2 Å². The monoisotopic (exact) mass is 203 g/mol. The van der Waals surface area contributed by atoms with Gasteiger partial charge in [0.25, 0.3) is 0 Å². The molecular weight excluding hydrogens is 186 g/mol. The van der Waals surface area contributed by atoms with Gasteiger partial charge in [-0.25, -0.2) is 0 Å². The minimum Gasteiger partial charge on any atom is -0.398 e. The van der Waals surface area contributed by atoms with Crippen LogP contribution in [-0.2, 0) is 0 Å². The number of hydrogen-bond donors (Lipinski definition) is 1. The summed E-state index contributed by atoms with van der Waals surface area (Å²) in [5.74, 6) is 0.595. The average molecular weight is 203 g/mol. The molecule has 0 bridgehead atoms. The molecule has 0 fully saturated rings. The molecular formula is C12H17N3. The van der Waals surface area contributed by atoms with E-state index >= 15 is 0 Å². The molecule has 2 N–H and O–H groups in total. The van der Waals surface area contributed by atoms with E-state index in [9.17, 15) is 0 Å². The first-order valence-electron chi connectivity index (χ1n) is 5.05. The maximum absolute atomic E-state index is 8.86. The van der Waals surface area contributed by atoms with E-state index in [0.717, 1.165) is 12.2 Å². The molecule has 3 nitrogen and oxygen atoms in total. The molecule has 1 rings (SSSR count). The molecule has 3 heteroatoms. The largest absolute Gasteiger partial charge is 0.398 e. The second-order valence-electron chi connectivity index (χ2n) is 4.16. The van der Waals surface area contributed by atoms with Crippen molar-refractivity contribution in [2.75, 3.05) is 24.2 Å². The predicted octanol–water partition coefficient (Wildman–Crippen LogP) is 2.23. The quantitative estimate of drug-likeness (QED) is 0.766. The third kappa shape index (κ3) is 2.88. The fraction of sp³-hybridized carbons (Fsp3) is 0.417. The van der Waals surface area contributed by atoms with Crippen molar-refractivity contribution in [3.63, 3.8) is 0 Å². The Bertz CT molecular complexity index is 377. The van der Waals surface area contributed by atoms with Crippen LogP contribution in [0.4, 0.5) is 11.4 Å². The highest BCUT2D eigenvalue weighted by atomic mass is 15.1. The van der Waals surface area contributed by atoms with E-state index in [-0.39, 0.29) is 0 Å². The number of hydrogen-bond acceptors (Lipinski definition) is 3. The highest BCUT2D eigenvalue weighted by Gasteiger charge is 2.05. The molecule has 1 aromatic carbocycles. The molecule has 0 aliphatic rings. The second-order valence-corrected chi connectivity index (χ2v) is 4.16. The molecule has 0 aliphatic carbocycles.